The molecule has 1 atom stereocenters. The van der Waals surface area contributed by atoms with E-state index in [1.54, 1.807) is 12.1 Å². The Morgan fingerprint density at radius 3 is 2.68 bits per heavy atom. The molecule has 2 aromatic rings. The lowest BCUT2D eigenvalue weighted by Crippen LogP contribution is -2.19. The van der Waals surface area contributed by atoms with Crippen molar-refractivity contribution < 1.29 is 4.39 Å². The summed E-state index contributed by atoms with van der Waals surface area (Å²) in [6.45, 7) is 2.59. The zero-order chi connectivity index (χ0) is 13.8. The number of benzene rings is 2. The van der Waals surface area contributed by atoms with Gasteiger partial charge in [-0.15, -0.1) is 0 Å². The molecule has 0 aliphatic rings. The van der Waals surface area contributed by atoms with Gasteiger partial charge in [-0.3, -0.25) is 0 Å². The summed E-state index contributed by atoms with van der Waals surface area (Å²) in [6, 6.07) is 12.4. The molecule has 1 N–H and O–H groups in total. The highest BCUT2D eigenvalue weighted by molar-refractivity contribution is 9.10. The highest BCUT2D eigenvalue weighted by Gasteiger charge is 2.10. The van der Waals surface area contributed by atoms with Crippen LogP contribution >= 0.6 is 27.5 Å². The van der Waals surface area contributed by atoms with Crippen LogP contribution in [0.15, 0.2) is 46.9 Å². The van der Waals surface area contributed by atoms with E-state index in [1.165, 1.54) is 6.07 Å². The molecule has 0 heterocycles. The van der Waals surface area contributed by atoms with Crippen molar-refractivity contribution in [1.29, 1.82) is 0 Å². The van der Waals surface area contributed by atoms with Crippen molar-refractivity contribution in [1.82, 2.24) is 5.32 Å². The maximum absolute atomic E-state index is 13.6. The number of nitrogens with one attached hydrogen (secondary N) is 1. The van der Waals surface area contributed by atoms with Gasteiger partial charge in [-0.05, 0) is 30.7 Å². The molecule has 2 aromatic carbocycles. The molecule has 1 unspecified atom stereocenters. The summed E-state index contributed by atoms with van der Waals surface area (Å²) in [7, 11) is 0. The maximum atomic E-state index is 13.6. The highest BCUT2D eigenvalue weighted by atomic mass is 79.9. The van der Waals surface area contributed by atoms with Crippen molar-refractivity contribution in [2.75, 3.05) is 0 Å². The maximum Gasteiger partial charge on any atom is 0.127 e. The second kappa shape index (κ2) is 6.51. The lowest BCUT2D eigenvalue weighted by molar-refractivity contribution is 0.528. The van der Waals surface area contributed by atoms with Crippen LogP contribution in [0.5, 0.6) is 0 Å². The molecule has 1 nitrogen and oxygen atoms in total. The lowest BCUT2D eigenvalue weighted by Gasteiger charge is -2.15. The minimum Gasteiger partial charge on any atom is -0.306 e. The Kier molecular flexibility index (Phi) is 4.97. The first-order valence-corrected chi connectivity index (χ1v) is 7.17. The highest BCUT2D eigenvalue weighted by Crippen LogP contribution is 2.23. The molecule has 2 rings (SSSR count). The van der Waals surface area contributed by atoms with Gasteiger partial charge >= 0.3 is 0 Å². The predicted octanol–water partition coefficient (Wildman–Crippen LogP) is 5.09. The van der Waals surface area contributed by atoms with Crippen molar-refractivity contribution in [3.05, 3.63) is 68.9 Å². The Balaban J connectivity index is 2.04. The van der Waals surface area contributed by atoms with Crippen molar-refractivity contribution in [2.24, 2.45) is 0 Å². The van der Waals surface area contributed by atoms with Gasteiger partial charge in [-0.25, -0.2) is 4.39 Å². The Morgan fingerprint density at radius 1 is 1.26 bits per heavy atom. The summed E-state index contributed by atoms with van der Waals surface area (Å²) in [5.74, 6) is -0.183. The molecule has 19 heavy (non-hydrogen) atoms. The molecule has 0 saturated heterocycles. The van der Waals surface area contributed by atoms with Crippen LogP contribution in [0.2, 0.25) is 5.02 Å². The van der Waals surface area contributed by atoms with Crippen LogP contribution in [0.3, 0.4) is 0 Å². The monoisotopic (exact) mass is 341 g/mol. The molecule has 0 aromatic heterocycles. The van der Waals surface area contributed by atoms with Gasteiger partial charge in [0.2, 0.25) is 0 Å². The number of rotatable bonds is 4. The number of halogens is 3. The summed E-state index contributed by atoms with van der Waals surface area (Å²) in [6.07, 6.45) is 0. The molecule has 0 bridgehead atoms. The Labute approximate surface area is 125 Å². The van der Waals surface area contributed by atoms with Crippen molar-refractivity contribution in [2.45, 2.75) is 19.5 Å². The third kappa shape index (κ3) is 3.78. The average Bonchev–Trinajstić information content (AvgIpc) is 2.38. The molecule has 0 amide bonds. The van der Waals surface area contributed by atoms with Gasteiger partial charge in [0, 0.05) is 27.6 Å². The normalized spacial score (nSPS) is 12.4. The van der Waals surface area contributed by atoms with E-state index in [9.17, 15) is 4.39 Å². The third-order valence-corrected chi connectivity index (χ3v) is 3.96. The second-order valence-electron chi connectivity index (χ2n) is 4.36. The zero-order valence-corrected chi connectivity index (χ0v) is 12.8. The average molecular weight is 343 g/mol. The second-order valence-corrected chi connectivity index (χ2v) is 5.65. The van der Waals surface area contributed by atoms with E-state index in [0.29, 0.717) is 17.1 Å². The van der Waals surface area contributed by atoms with E-state index < -0.39 is 0 Å². The minimum absolute atomic E-state index is 0.0521. The molecule has 100 valence electrons. The van der Waals surface area contributed by atoms with Crippen LogP contribution in [0, 0.1) is 5.82 Å². The zero-order valence-electron chi connectivity index (χ0n) is 10.5. The molecule has 0 aliphatic heterocycles. The molecule has 0 radical (unpaired) electrons. The Hall–Kier alpha value is -0.900. The molecule has 0 fully saturated rings. The van der Waals surface area contributed by atoms with E-state index in [-0.39, 0.29) is 11.9 Å². The fraction of sp³-hybridized carbons (Fsp3) is 0.200. The van der Waals surface area contributed by atoms with Gasteiger partial charge < -0.3 is 5.32 Å². The third-order valence-electron chi connectivity index (χ3n) is 2.99. The first-order valence-electron chi connectivity index (χ1n) is 5.99. The van der Waals surface area contributed by atoms with E-state index >= 15 is 0 Å². The van der Waals surface area contributed by atoms with Gasteiger partial charge in [0.1, 0.15) is 5.82 Å². The molecular formula is C15H14BrClFN. The summed E-state index contributed by atoms with van der Waals surface area (Å²) >= 11 is 9.37. The Bertz CT molecular complexity index is 574. The van der Waals surface area contributed by atoms with Gasteiger partial charge in [0.25, 0.3) is 0 Å². The first kappa shape index (κ1) is 14.5. The molecular weight excluding hydrogens is 329 g/mol. The van der Waals surface area contributed by atoms with Crippen LogP contribution in [0.25, 0.3) is 0 Å². The van der Waals surface area contributed by atoms with Crippen molar-refractivity contribution in [3.8, 4) is 0 Å². The largest absolute Gasteiger partial charge is 0.306 e. The van der Waals surface area contributed by atoms with Crippen LogP contribution in [0.4, 0.5) is 4.39 Å². The quantitative estimate of drug-likeness (QED) is 0.816. The molecule has 0 spiro atoms. The predicted molar refractivity (Wildman–Crippen MR) is 80.8 cm³/mol. The summed E-state index contributed by atoms with van der Waals surface area (Å²) in [5, 5.41) is 4.00. The molecule has 0 saturated carbocycles. The minimum atomic E-state index is -0.183. The van der Waals surface area contributed by atoms with E-state index in [1.807, 2.05) is 31.2 Å². The van der Waals surface area contributed by atoms with Gasteiger partial charge in [0.05, 0.1) is 0 Å². The van der Waals surface area contributed by atoms with Crippen molar-refractivity contribution in [3.63, 3.8) is 0 Å². The molecule has 4 heteroatoms. The van der Waals surface area contributed by atoms with Crippen molar-refractivity contribution >= 4 is 27.5 Å². The topological polar surface area (TPSA) is 12.0 Å². The number of hydrogen-bond acceptors (Lipinski definition) is 1. The summed E-state index contributed by atoms with van der Waals surface area (Å²) in [4.78, 5) is 0. The van der Waals surface area contributed by atoms with E-state index in [2.05, 4.69) is 21.2 Å². The Morgan fingerprint density at radius 2 is 2.00 bits per heavy atom. The summed E-state index contributed by atoms with van der Waals surface area (Å²) < 4.78 is 14.6. The van der Waals surface area contributed by atoms with Gasteiger partial charge in [-0.1, -0.05) is 51.8 Å². The standard InChI is InChI=1S/C15H14BrClFN/c1-10(13-4-2-3-5-15(13)18)19-9-11-6-7-12(17)8-14(11)16/h2-8,10,19H,9H2,1H3. The van der Waals surface area contributed by atoms with Crippen LogP contribution in [-0.2, 0) is 6.54 Å². The van der Waals surface area contributed by atoms with Crippen LogP contribution < -0.4 is 5.32 Å². The van der Waals surface area contributed by atoms with Crippen LogP contribution in [-0.4, -0.2) is 0 Å². The van der Waals surface area contributed by atoms with Gasteiger partial charge in [0.15, 0.2) is 0 Å². The molecule has 0 aliphatic carbocycles. The van der Waals surface area contributed by atoms with Crippen LogP contribution in [0.1, 0.15) is 24.1 Å². The SMILES string of the molecule is CC(NCc1ccc(Cl)cc1Br)c1ccccc1F. The number of hydrogen-bond donors (Lipinski definition) is 1. The first-order chi connectivity index (χ1) is 9.08. The lowest BCUT2D eigenvalue weighted by atomic mass is 10.1. The smallest absolute Gasteiger partial charge is 0.127 e. The van der Waals surface area contributed by atoms with Gasteiger partial charge in [-0.2, -0.15) is 0 Å². The fourth-order valence-corrected chi connectivity index (χ4v) is 2.69. The van der Waals surface area contributed by atoms with E-state index in [4.69, 9.17) is 11.6 Å². The van der Waals surface area contributed by atoms with E-state index in [0.717, 1.165) is 10.0 Å². The fourth-order valence-electron chi connectivity index (χ4n) is 1.86. The summed E-state index contributed by atoms with van der Waals surface area (Å²) in [5.41, 5.74) is 1.76.